The molecule has 5 nitrogen and oxygen atoms in total. The number of rotatable bonds is 4. The van der Waals surface area contributed by atoms with Gasteiger partial charge in [-0.05, 0) is 59.9 Å². The minimum absolute atomic E-state index is 0.710. The fourth-order valence-electron chi connectivity index (χ4n) is 2.58. The molecule has 2 aromatic heterocycles. The highest BCUT2D eigenvalue weighted by Gasteiger charge is 2.20. The third-order valence-electron chi connectivity index (χ3n) is 3.63. The van der Waals surface area contributed by atoms with Crippen molar-refractivity contribution in [3.63, 3.8) is 0 Å². The van der Waals surface area contributed by atoms with Gasteiger partial charge in [-0.2, -0.15) is 0 Å². The number of aromatic nitrogens is 3. The molecule has 0 aliphatic carbocycles. The van der Waals surface area contributed by atoms with Crippen LogP contribution in [0.4, 0.5) is 0 Å². The summed E-state index contributed by atoms with van der Waals surface area (Å²) in [6.45, 7) is 4.14. The zero-order valence-electron chi connectivity index (χ0n) is 10.7. The van der Waals surface area contributed by atoms with Crippen molar-refractivity contribution >= 4 is 15.9 Å². The first-order valence-electron chi connectivity index (χ1n) is 6.60. The van der Waals surface area contributed by atoms with Crippen LogP contribution in [-0.2, 0) is 13.1 Å². The van der Waals surface area contributed by atoms with E-state index in [0.717, 1.165) is 36.6 Å². The molecule has 0 bridgehead atoms. The summed E-state index contributed by atoms with van der Waals surface area (Å²) in [6.07, 6.45) is 6.10. The summed E-state index contributed by atoms with van der Waals surface area (Å²) in [4.78, 5) is 2.45. The van der Waals surface area contributed by atoms with Crippen molar-refractivity contribution in [1.82, 2.24) is 19.9 Å². The van der Waals surface area contributed by atoms with E-state index >= 15 is 0 Å². The lowest BCUT2D eigenvalue weighted by Crippen LogP contribution is -2.34. The molecule has 0 N–H and O–H groups in total. The minimum atomic E-state index is 0.710. The molecule has 1 saturated heterocycles. The van der Waals surface area contributed by atoms with Gasteiger partial charge in [-0.15, -0.1) is 5.10 Å². The molecule has 3 rings (SSSR count). The first-order valence-corrected chi connectivity index (χ1v) is 7.39. The number of piperidine rings is 1. The fourth-order valence-corrected chi connectivity index (χ4v) is 2.92. The highest BCUT2D eigenvalue weighted by Crippen LogP contribution is 2.22. The van der Waals surface area contributed by atoms with Gasteiger partial charge < -0.3 is 4.42 Å². The Bertz CT molecular complexity index is 502. The van der Waals surface area contributed by atoms with Gasteiger partial charge in [-0.1, -0.05) is 5.21 Å². The van der Waals surface area contributed by atoms with E-state index in [1.165, 1.54) is 12.8 Å². The van der Waals surface area contributed by atoms with Crippen LogP contribution in [0, 0.1) is 5.92 Å². The molecule has 0 unspecified atom stereocenters. The third-order valence-corrected chi connectivity index (χ3v) is 4.06. The van der Waals surface area contributed by atoms with Crippen LogP contribution in [0.15, 0.2) is 33.6 Å². The monoisotopic (exact) mass is 324 g/mol. The van der Waals surface area contributed by atoms with Gasteiger partial charge in [-0.25, -0.2) is 0 Å². The summed E-state index contributed by atoms with van der Waals surface area (Å²) in [5, 5.41) is 7.88. The molecule has 1 aliphatic rings. The van der Waals surface area contributed by atoms with E-state index in [4.69, 9.17) is 4.42 Å². The van der Waals surface area contributed by atoms with E-state index in [-0.39, 0.29) is 0 Å². The molecule has 19 heavy (non-hydrogen) atoms. The summed E-state index contributed by atoms with van der Waals surface area (Å²) >= 11 is 3.34. The predicted molar refractivity (Wildman–Crippen MR) is 74.4 cm³/mol. The van der Waals surface area contributed by atoms with Crippen molar-refractivity contribution < 1.29 is 4.42 Å². The Morgan fingerprint density at radius 2 is 2.16 bits per heavy atom. The zero-order valence-corrected chi connectivity index (χ0v) is 12.3. The quantitative estimate of drug-likeness (QED) is 0.867. The highest BCUT2D eigenvalue weighted by atomic mass is 79.9. The molecule has 0 radical (unpaired) electrons. The second kappa shape index (κ2) is 5.88. The summed E-state index contributed by atoms with van der Waals surface area (Å²) in [5.74, 6) is 1.74. The molecular weight excluding hydrogens is 308 g/mol. The van der Waals surface area contributed by atoms with E-state index in [1.54, 1.807) is 6.20 Å². The maximum Gasteiger partial charge on any atom is 0.169 e. The second-order valence-corrected chi connectivity index (χ2v) is 5.83. The maximum absolute atomic E-state index is 5.55. The average molecular weight is 325 g/mol. The van der Waals surface area contributed by atoms with Crippen molar-refractivity contribution in [3.05, 3.63) is 35.0 Å². The van der Waals surface area contributed by atoms with Crippen LogP contribution >= 0.6 is 15.9 Å². The van der Waals surface area contributed by atoms with Gasteiger partial charge in [0, 0.05) is 12.7 Å². The van der Waals surface area contributed by atoms with Gasteiger partial charge in [0.1, 0.15) is 5.76 Å². The van der Waals surface area contributed by atoms with Gasteiger partial charge in [0.05, 0.1) is 12.7 Å². The smallest absolute Gasteiger partial charge is 0.169 e. The van der Waals surface area contributed by atoms with Crippen molar-refractivity contribution in [2.45, 2.75) is 25.9 Å². The van der Waals surface area contributed by atoms with Crippen molar-refractivity contribution in [2.24, 2.45) is 5.92 Å². The van der Waals surface area contributed by atoms with Crippen molar-refractivity contribution in [3.8, 4) is 0 Å². The predicted octanol–water partition coefficient (Wildman–Crippen LogP) is 2.55. The number of nitrogens with zero attached hydrogens (tertiary/aromatic N) is 4. The molecule has 0 spiro atoms. The Kier molecular flexibility index (Phi) is 3.98. The van der Waals surface area contributed by atoms with E-state index < -0.39 is 0 Å². The minimum Gasteiger partial charge on any atom is -0.453 e. The molecule has 2 aromatic rings. The Morgan fingerprint density at radius 3 is 2.79 bits per heavy atom. The van der Waals surface area contributed by atoms with E-state index in [0.29, 0.717) is 5.92 Å². The summed E-state index contributed by atoms with van der Waals surface area (Å²) in [6, 6.07) is 3.98. The van der Waals surface area contributed by atoms with E-state index in [2.05, 4.69) is 31.1 Å². The Morgan fingerprint density at radius 1 is 1.32 bits per heavy atom. The van der Waals surface area contributed by atoms with Crippen molar-refractivity contribution in [2.75, 3.05) is 13.1 Å². The highest BCUT2D eigenvalue weighted by molar-refractivity contribution is 9.10. The Hall–Kier alpha value is -1.14. The fraction of sp³-hybridized carbons (Fsp3) is 0.538. The first-order chi connectivity index (χ1) is 9.29. The third kappa shape index (κ3) is 3.45. The summed E-state index contributed by atoms with van der Waals surface area (Å²) in [5.41, 5.74) is 0. The average Bonchev–Trinajstić information content (AvgIpc) is 3.04. The molecule has 0 saturated carbocycles. The molecule has 102 valence electrons. The Balaban J connectivity index is 1.46. The largest absolute Gasteiger partial charge is 0.453 e. The van der Waals surface area contributed by atoms with Crippen LogP contribution < -0.4 is 0 Å². The van der Waals surface area contributed by atoms with Crippen LogP contribution in [0.1, 0.15) is 18.6 Å². The van der Waals surface area contributed by atoms with E-state index in [1.807, 2.05) is 23.0 Å². The molecule has 1 aliphatic heterocycles. The van der Waals surface area contributed by atoms with Crippen LogP contribution in [0.2, 0.25) is 0 Å². The molecule has 1 fully saturated rings. The number of halogens is 1. The number of hydrogen-bond acceptors (Lipinski definition) is 4. The molecule has 0 atom stereocenters. The number of likely N-dealkylation sites (tertiary alicyclic amines) is 1. The molecule has 6 heteroatoms. The SMILES string of the molecule is Brc1ccc(CN2CCC(Cn3ccnn3)CC2)o1. The molecule has 0 aromatic carbocycles. The lowest BCUT2D eigenvalue weighted by Gasteiger charge is -2.31. The van der Waals surface area contributed by atoms with Crippen LogP contribution in [0.5, 0.6) is 0 Å². The molecular formula is C13H17BrN4O. The second-order valence-electron chi connectivity index (χ2n) is 5.05. The lowest BCUT2D eigenvalue weighted by atomic mass is 9.97. The summed E-state index contributed by atoms with van der Waals surface area (Å²) < 4.78 is 8.29. The number of hydrogen-bond donors (Lipinski definition) is 0. The van der Waals surface area contributed by atoms with Crippen LogP contribution in [-0.4, -0.2) is 33.0 Å². The van der Waals surface area contributed by atoms with Gasteiger partial charge in [-0.3, -0.25) is 9.58 Å². The first kappa shape index (κ1) is 12.9. The number of furan rings is 1. The lowest BCUT2D eigenvalue weighted by molar-refractivity contribution is 0.154. The topological polar surface area (TPSA) is 47.1 Å². The van der Waals surface area contributed by atoms with Gasteiger partial charge in [0.15, 0.2) is 4.67 Å². The van der Waals surface area contributed by atoms with Gasteiger partial charge >= 0.3 is 0 Å². The van der Waals surface area contributed by atoms with E-state index in [9.17, 15) is 0 Å². The standard InChI is InChI=1S/C13H17BrN4O/c14-13-2-1-12(19-13)10-17-6-3-11(4-7-17)9-18-8-5-15-16-18/h1-2,5,8,11H,3-4,6-7,9-10H2. The molecule has 3 heterocycles. The zero-order chi connectivity index (χ0) is 13.1. The normalized spacial score (nSPS) is 17.9. The van der Waals surface area contributed by atoms with Gasteiger partial charge in [0.25, 0.3) is 0 Å². The summed E-state index contributed by atoms with van der Waals surface area (Å²) in [7, 11) is 0. The maximum atomic E-state index is 5.55. The van der Waals surface area contributed by atoms with Crippen LogP contribution in [0.3, 0.4) is 0 Å². The van der Waals surface area contributed by atoms with Gasteiger partial charge in [0.2, 0.25) is 0 Å². The van der Waals surface area contributed by atoms with Crippen molar-refractivity contribution in [1.29, 1.82) is 0 Å². The van der Waals surface area contributed by atoms with Crippen LogP contribution in [0.25, 0.3) is 0 Å². The Labute approximate surface area is 120 Å². The molecule has 0 amide bonds.